The normalized spacial score (nSPS) is 10.8. The molecular weight excluding hydrogens is 262 g/mol. The first-order valence-corrected chi connectivity index (χ1v) is 6.07. The van der Waals surface area contributed by atoms with Crippen LogP contribution in [-0.4, -0.2) is 17.3 Å². The number of carboxylic acid groups (broad SMARTS) is 1. The molecule has 0 aliphatic rings. The number of carboxylic acids is 1. The van der Waals surface area contributed by atoms with Gasteiger partial charge in [-0.3, -0.25) is 4.99 Å². The van der Waals surface area contributed by atoms with Gasteiger partial charge >= 0.3 is 5.97 Å². The van der Waals surface area contributed by atoms with Gasteiger partial charge < -0.3 is 5.11 Å². The Morgan fingerprint density at radius 3 is 2.47 bits per heavy atom. The van der Waals surface area contributed by atoms with Crippen molar-refractivity contribution in [3.05, 3.63) is 64.2 Å². The first kappa shape index (κ1) is 13.3. The van der Waals surface area contributed by atoms with E-state index in [2.05, 4.69) is 4.99 Å². The molecule has 0 bridgehead atoms. The summed E-state index contributed by atoms with van der Waals surface area (Å²) in [4.78, 5) is 15.1. The average Bonchev–Trinajstić information content (AvgIpc) is 2.38. The lowest BCUT2D eigenvalue weighted by Crippen LogP contribution is -1.95. The predicted octanol–water partition coefficient (Wildman–Crippen LogP) is 4.10. The van der Waals surface area contributed by atoms with Crippen molar-refractivity contribution in [3.8, 4) is 0 Å². The number of aliphatic imine (C=N–C) groups is 1. The number of hydrogen-bond acceptors (Lipinski definition) is 2. The maximum atomic E-state index is 10.7. The van der Waals surface area contributed by atoms with Gasteiger partial charge in [-0.05, 0) is 48.4 Å². The molecule has 2 aromatic rings. The van der Waals surface area contributed by atoms with Crippen LogP contribution in [0.5, 0.6) is 0 Å². The molecule has 19 heavy (non-hydrogen) atoms. The van der Waals surface area contributed by atoms with Crippen molar-refractivity contribution in [2.75, 3.05) is 0 Å². The van der Waals surface area contributed by atoms with E-state index in [9.17, 15) is 4.79 Å². The van der Waals surface area contributed by atoms with Crippen molar-refractivity contribution in [1.29, 1.82) is 0 Å². The zero-order valence-electron chi connectivity index (χ0n) is 10.3. The number of halogens is 1. The molecule has 4 heteroatoms. The highest BCUT2D eigenvalue weighted by Gasteiger charge is 2.00. The van der Waals surface area contributed by atoms with Crippen LogP contribution < -0.4 is 0 Å². The zero-order chi connectivity index (χ0) is 13.8. The molecule has 0 fully saturated rings. The van der Waals surface area contributed by atoms with Gasteiger partial charge in [0.15, 0.2) is 0 Å². The lowest BCUT2D eigenvalue weighted by atomic mass is 10.1. The number of aromatic carboxylic acids is 1. The molecule has 1 N–H and O–H groups in total. The van der Waals surface area contributed by atoms with E-state index >= 15 is 0 Å². The number of hydrogen-bond donors (Lipinski definition) is 1. The van der Waals surface area contributed by atoms with Gasteiger partial charge in [0.05, 0.1) is 11.3 Å². The molecule has 0 radical (unpaired) electrons. The van der Waals surface area contributed by atoms with E-state index in [0.29, 0.717) is 5.02 Å². The summed E-state index contributed by atoms with van der Waals surface area (Å²) >= 11 is 5.87. The molecule has 96 valence electrons. The number of aryl methyl sites for hydroxylation is 1. The van der Waals surface area contributed by atoms with Gasteiger partial charge in [0.2, 0.25) is 0 Å². The standard InChI is InChI=1S/C15H12ClNO2/c1-10-8-13(16)6-7-14(10)17-9-11-2-4-12(5-3-11)15(18)19/h2-9H,1H3,(H,18,19). The molecule has 0 saturated heterocycles. The second kappa shape index (κ2) is 5.67. The van der Waals surface area contributed by atoms with Crippen LogP contribution in [0.1, 0.15) is 21.5 Å². The van der Waals surface area contributed by atoms with Crippen LogP contribution in [-0.2, 0) is 0 Å². The summed E-state index contributed by atoms with van der Waals surface area (Å²) < 4.78 is 0. The Kier molecular flexibility index (Phi) is 3.97. The smallest absolute Gasteiger partial charge is 0.335 e. The molecule has 0 heterocycles. The summed E-state index contributed by atoms with van der Waals surface area (Å²) in [5.41, 5.74) is 2.94. The summed E-state index contributed by atoms with van der Waals surface area (Å²) in [7, 11) is 0. The first-order valence-electron chi connectivity index (χ1n) is 5.70. The average molecular weight is 274 g/mol. The Hall–Kier alpha value is -2.13. The van der Waals surface area contributed by atoms with Gasteiger partial charge in [-0.25, -0.2) is 4.79 Å². The van der Waals surface area contributed by atoms with Crippen molar-refractivity contribution in [2.24, 2.45) is 4.99 Å². The summed E-state index contributed by atoms with van der Waals surface area (Å²) in [6.45, 7) is 1.94. The van der Waals surface area contributed by atoms with Crippen LogP contribution in [0.3, 0.4) is 0 Å². The van der Waals surface area contributed by atoms with Crippen LogP contribution in [0.4, 0.5) is 5.69 Å². The van der Waals surface area contributed by atoms with Crippen molar-refractivity contribution >= 4 is 29.5 Å². The number of benzene rings is 2. The van der Waals surface area contributed by atoms with E-state index in [-0.39, 0.29) is 5.56 Å². The molecule has 0 aromatic heterocycles. The van der Waals surface area contributed by atoms with Crippen molar-refractivity contribution < 1.29 is 9.90 Å². The second-order valence-electron chi connectivity index (χ2n) is 4.12. The van der Waals surface area contributed by atoms with E-state index in [4.69, 9.17) is 16.7 Å². The van der Waals surface area contributed by atoms with Crippen LogP contribution in [0.2, 0.25) is 5.02 Å². The molecule has 3 nitrogen and oxygen atoms in total. The van der Waals surface area contributed by atoms with Crippen LogP contribution in [0.15, 0.2) is 47.5 Å². The predicted molar refractivity (Wildman–Crippen MR) is 76.8 cm³/mol. The molecule has 0 aliphatic heterocycles. The third-order valence-corrected chi connectivity index (χ3v) is 2.90. The minimum Gasteiger partial charge on any atom is -0.478 e. The van der Waals surface area contributed by atoms with Crippen LogP contribution in [0, 0.1) is 6.92 Å². The molecule has 0 unspecified atom stereocenters. The SMILES string of the molecule is Cc1cc(Cl)ccc1N=Cc1ccc(C(=O)O)cc1. The van der Waals surface area contributed by atoms with Gasteiger partial charge in [-0.2, -0.15) is 0 Å². The van der Waals surface area contributed by atoms with Crippen LogP contribution in [0.25, 0.3) is 0 Å². The summed E-state index contributed by atoms with van der Waals surface area (Å²) in [6.07, 6.45) is 1.70. The zero-order valence-corrected chi connectivity index (χ0v) is 11.1. The Balaban J connectivity index is 2.20. The second-order valence-corrected chi connectivity index (χ2v) is 4.55. The van der Waals surface area contributed by atoms with Crippen LogP contribution >= 0.6 is 11.6 Å². The Labute approximate surface area is 116 Å². The topological polar surface area (TPSA) is 49.7 Å². The number of carbonyl (C=O) groups is 1. The molecule has 2 rings (SSSR count). The lowest BCUT2D eigenvalue weighted by Gasteiger charge is -2.00. The molecule has 0 saturated carbocycles. The number of nitrogens with zero attached hydrogens (tertiary/aromatic N) is 1. The van der Waals surface area contributed by atoms with E-state index in [1.54, 1.807) is 36.5 Å². The Bertz CT molecular complexity index is 633. The Morgan fingerprint density at radius 1 is 1.21 bits per heavy atom. The third-order valence-electron chi connectivity index (χ3n) is 2.67. The molecule has 0 atom stereocenters. The molecule has 2 aromatic carbocycles. The summed E-state index contributed by atoms with van der Waals surface area (Å²) in [5.74, 6) is -0.933. The molecule has 0 spiro atoms. The summed E-state index contributed by atoms with van der Waals surface area (Å²) in [5, 5.41) is 9.48. The van der Waals surface area contributed by atoms with Crippen molar-refractivity contribution in [3.63, 3.8) is 0 Å². The highest BCUT2D eigenvalue weighted by atomic mass is 35.5. The minimum atomic E-state index is -0.933. The van der Waals surface area contributed by atoms with Gasteiger partial charge in [-0.1, -0.05) is 23.7 Å². The highest BCUT2D eigenvalue weighted by molar-refractivity contribution is 6.30. The molecule has 0 amide bonds. The highest BCUT2D eigenvalue weighted by Crippen LogP contribution is 2.22. The quantitative estimate of drug-likeness (QED) is 0.856. The monoisotopic (exact) mass is 273 g/mol. The first-order chi connectivity index (χ1) is 9.06. The minimum absolute atomic E-state index is 0.264. The number of rotatable bonds is 3. The fourth-order valence-electron chi connectivity index (χ4n) is 1.62. The fraction of sp³-hybridized carbons (Fsp3) is 0.0667. The van der Waals surface area contributed by atoms with Crippen molar-refractivity contribution in [1.82, 2.24) is 0 Å². The van der Waals surface area contributed by atoms with Gasteiger partial charge in [0.1, 0.15) is 0 Å². The fourth-order valence-corrected chi connectivity index (χ4v) is 1.85. The van der Waals surface area contributed by atoms with E-state index < -0.39 is 5.97 Å². The van der Waals surface area contributed by atoms with Gasteiger partial charge in [0, 0.05) is 11.2 Å². The third kappa shape index (κ3) is 3.42. The summed E-state index contributed by atoms with van der Waals surface area (Å²) in [6, 6.07) is 12.0. The largest absolute Gasteiger partial charge is 0.478 e. The molecule has 0 aliphatic carbocycles. The van der Waals surface area contributed by atoms with E-state index in [1.807, 2.05) is 19.1 Å². The van der Waals surface area contributed by atoms with Gasteiger partial charge in [0.25, 0.3) is 0 Å². The maximum Gasteiger partial charge on any atom is 0.335 e. The maximum absolute atomic E-state index is 10.7. The Morgan fingerprint density at radius 2 is 1.89 bits per heavy atom. The van der Waals surface area contributed by atoms with E-state index in [1.165, 1.54) is 0 Å². The lowest BCUT2D eigenvalue weighted by molar-refractivity contribution is 0.0697. The van der Waals surface area contributed by atoms with Crippen molar-refractivity contribution in [2.45, 2.75) is 6.92 Å². The van der Waals surface area contributed by atoms with E-state index in [0.717, 1.165) is 16.8 Å². The van der Waals surface area contributed by atoms with Gasteiger partial charge in [-0.15, -0.1) is 0 Å². The molecular formula is C15H12ClNO2.